The van der Waals surface area contributed by atoms with Crippen LogP contribution in [-0.2, 0) is 6.54 Å². The topological polar surface area (TPSA) is 31.4 Å². The van der Waals surface area contributed by atoms with E-state index in [1.165, 1.54) is 18.7 Å². The summed E-state index contributed by atoms with van der Waals surface area (Å²) in [4.78, 5) is 9.13. The number of piperazine rings is 1. The number of aromatic nitrogens is 1. The number of hydrogen-bond acceptors (Lipinski definition) is 4. The van der Waals surface area contributed by atoms with E-state index in [2.05, 4.69) is 47.1 Å². The van der Waals surface area contributed by atoms with Crippen LogP contribution in [-0.4, -0.2) is 60.1 Å². The molecule has 19 heavy (non-hydrogen) atoms. The van der Waals surface area contributed by atoms with Gasteiger partial charge in [0.15, 0.2) is 0 Å². The fourth-order valence-electron chi connectivity index (χ4n) is 2.54. The second kappa shape index (κ2) is 6.46. The van der Waals surface area contributed by atoms with Gasteiger partial charge in [-0.25, -0.2) is 0 Å². The molecule has 1 N–H and O–H groups in total. The molecule has 2 rings (SSSR count). The summed E-state index contributed by atoms with van der Waals surface area (Å²) in [5, 5.41) is 3.56. The highest BCUT2D eigenvalue weighted by Gasteiger charge is 2.28. The van der Waals surface area contributed by atoms with Crippen LogP contribution >= 0.6 is 0 Å². The maximum Gasteiger partial charge on any atom is 0.0312 e. The van der Waals surface area contributed by atoms with Crippen LogP contribution in [0, 0.1) is 0 Å². The molecule has 0 atom stereocenters. The molecule has 0 amide bonds. The van der Waals surface area contributed by atoms with Gasteiger partial charge in [-0.1, -0.05) is 6.07 Å². The fraction of sp³-hybridized carbons (Fsp3) is 0.667. The van der Waals surface area contributed by atoms with Gasteiger partial charge in [0, 0.05) is 57.2 Å². The van der Waals surface area contributed by atoms with Gasteiger partial charge in [0.2, 0.25) is 0 Å². The Hall–Kier alpha value is -0.970. The average Bonchev–Trinajstić information content (AvgIpc) is 2.40. The van der Waals surface area contributed by atoms with Crippen molar-refractivity contribution < 1.29 is 0 Å². The van der Waals surface area contributed by atoms with E-state index in [9.17, 15) is 0 Å². The van der Waals surface area contributed by atoms with Gasteiger partial charge in [-0.2, -0.15) is 0 Å². The maximum atomic E-state index is 4.14. The molecule has 106 valence electrons. The Kier molecular flexibility index (Phi) is 4.91. The molecular formula is C15H26N4. The van der Waals surface area contributed by atoms with E-state index in [1.807, 2.05) is 18.5 Å². The van der Waals surface area contributed by atoms with Crippen molar-refractivity contribution in [1.82, 2.24) is 20.1 Å². The van der Waals surface area contributed by atoms with Crippen LogP contribution in [0.5, 0.6) is 0 Å². The van der Waals surface area contributed by atoms with Gasteiger partial charge in [0.05, 0.1) is 0 Å². The Morgan fingerprint density at radius 1 is 1.26 bits per heavy atom. The predicted molar refractivity (Wildman–Crippen MR) is 79.1 cm³/mol. The molecule has 0 bridgehead atoms. The number of likely N-dealkylation sites (N-methyl/N-ethyl adjacent to an activating group) is 1. The summed E-state index contributed by atoms with van der Waals surface area (Å²) >= 11 is 0. The highest BCUT2D eigenvalue weighted by Crippen LogP contribution is 2.15. The van der Waals surface area contributed by atoms with Crippen LogP contribution in [0.15, 0.2) is 24.5 Å². The van der Waals surface area contributed by atoms with E-state index in [1.54, 1.807) is 0 Å². The Bertz CT molecular complexity index is 369. The minimum absolute atomic E-state index is 0.212. The number of nitrogens with zero attached hydrogens (tertiary/aromatic N) is 3. The predicted octanol–water partition coefficient (Wildman–Crippen LogP) is 1.20. The van der Waals surface area contributed by atoms with Crippen molar-refractivity contribution in [2.45, 2.75) is 25.9 Å². The van der Waals surface area contributed by atoms with Gasteiger partial charge in [-0.05, 0) is 32.5 Å². The molecule has 0 aromatic carbocycles. The molecule has 2 heterocycles. The summed E-state index contributed by atoms with van der Waals surface area (Å²) in [7, 11) is 2.20. The molecule has 0 saturated carbocycles. The van der Waals surface area contributed by atoms with Crippen molar-refractivity contribution in [3.63, 3.8) is 0 Å². The lowest BCUT2D eigenvalue weighted by Gasteiger charge is -2.43. The van der Waals surface area contributed by atoms with Crippen LogP contribution in [0.25, 0.3) is 0 Å². The Balaban J connectivity index is 1.77. The fourth-order valence-corrected chi connectivity index (χ4v) is 2.54. The first kappa shape index (κ1) is 14.4. The first-order valence-corrected chi connectivity index (χ1v) is 7.11. The highest BCUT2D eigenvalue weighted by molar-refractivity contribution is 5.08. The Morgan fingerprint density at radius 2 is 2.00 bits per heavy atom. The van der Waals surface area contributed by atoms with E-state index >= 15 is 0 Å². The standard InChI is InChI=1S/C15H26N4/c1-15(2,19-9-7-18(3)8-10-19)13-17-12-14-5-4-6-16-11-14/h4-6,11,17H,7-10,12-13H2,1-3H3. The van der Waals surface area contributed by atoms with E-state index in [0.717, 1.165) is 26.2 Å². The zero-order valence-corrected chi connectivity index (χ0v) is 12.4. The Labute approximate surface area is 116 Å². The third-order valence-electron chi connectivity index (χ3n) is 3.97. The summed E-state index contributed by atoms with van der Waals surface area (Å²) in [6, 6.07) is 4.10. The summed E-state index contributed by atoms with van der Waals surface area (Å²) in [6.07, 6.45) is 3.74. The van der Waals surface area contributed by atoms with Crippen LogP contribution < -0.4 is 5.32 Å². The zero-order chi connectivity index (χ0) is 13.7. The number of rotatable bonds is 5. The van der Waals surface area contributed by atoms with Crippen molar-refractivity contribution in [1.29, 1.82) is 0 Å². The molecule has 1 aromatic rings. The lowest BCUT2D eigenvalue weighted by Crippen LogP contribution is -2.57. The molecule has 1 fully saturated rings. The normalized spacial score (nSPS) is 18.7. The summed E-state index contributed by atoms with van der Waals surface area (Å²) in [5.74, 6) is 0. The van der Waals surface area contributed by atoms with Gasteiger partial charge in [-0.3, -0.25) is 9.88 Å². The number of hydrogen-bond donors (Lipinski definition) is 1. The van der Waals surface area contributed by atoms with E-state index in [0.29, 0.717) is 0 Å². The van der Waals surface area contributed by atoms with Gasteiger partial charge < -0.3 is 10.2 Å². The molecule has 0 unspecified atom stereocenters. The first-order chi connectivity index (χ1) is 9.08. The van der Waals surface area contributed by atoms with Gasteiger partial charge in [0.25, 0.3) is 0 Å². The minimum atomic E-state index is 0.212. The molecule has 1 aliphatic rings. The molecule has 0 radical (unpaired) electrons. The minimum Gasteiger partial charge on any atom is -0.311 e. The second-order valence-corrected chi connectivity index (χ2v) is 6.07. The van der Waals surface area contributed by atoms with Crippen molar-refractivity contribution in [3.8, 4) is 0 Å². The van der Waals surface area contributed by atoms with Crippen LogP contribution in [0.2, 0.25) is 0 Å². The molecule has 1 aliphatic heterocycles. The van der Waals surface area contributed by atoms with Crippen molar-refractivity contribution in [3.05, 3.63) is 30.1 Å². The summed E-state index contributed by atoms with van der Waals surface area (Å²) in [6.45, 7) is 11.2. The third kappa shape index (κ3) is 4.27. The summed E-state index contributed by atoms with van der Waals surface area (Å²) < 4.78 is 0. The molecule has 0 spiro atoms. The van der Waals surface area contributed by atoms with Crippen molar-refractivity contribution in [2.75, 3.05) is 39.8 Å². The monoisotopic (exact) mass is 262 g/mol. The molecule has 0 aliphatic carbocycles. The van der Waals surface area contributed by atoms with Crippen LogP contribution in [0.1, 0.15) is 19.4 Å². The highest BCUT2D eigenvalue weighted by atomic mass is 15.3. The molecule has 1 aromatic heterocycles. The Morgan fingerprint density at radius 3 is 2.63 bits per heavy atom. The van der Waals surface area contributed by atoms with Gasteiger partial charge >= 0.3 is 0 Å². The van der Waals surface area contributed by atoms with Crippen LogP contribution in [0.3, 0.4) is 0 Å². The summed E-state index contributed by atoms with van der Waals surface area (Å²) in [5.41, 5.74) is 1.46. The van der Waals surface area contributed by atoms with Crippen molar-refractivity contribution >= 4 is 0 Å². The lowest BCUT2D eigenvalue weighted by molar-refractivity contribution is 0.0618. The molecular weight excluding hydrogens is 236 g/mol. The smallest absolute Gasteiger partial charge is 0.0312 e. The zero-order valence-electron chi connectivity index (χ0n) is 12.4. The third-order valence-corrected chi connectivity index (χ3v) is 3.97. The first-order valence-electron chi connectivity index (χ1n) is 7.11. The van der Waals surface area contributed by atoms with E-state index < -0.39 is 0 Å². The SMILES string of the molecule is CN1CCN(C(C)(C)CNCc2cccnc2)CC1. The molecule has 1 saturated heterocycles. The van der Waals surface area contributed by atoms with Crippen LogP contribution in [0.4, 0.5) is 0 Å². The quantitative estimate of drug-likeness (QED) is 0.864. The lowest BCUT2D eigenvalue weighted by atomic mass is 10.0. The number of pyridine rings is 1. The van der Waals surface area contributed by atoms with Gasteiger partial charge in [0.1, 0.15) is 0 Å². The van der Waals surface area contributed by atoms with Crippen molar-refractivity contribution in [2.24, 2.45) is 0 Å². The van der Waals surface area contributed by atoms with E-state index in [-0.39, 0.29) is 5.54 Å². The molecule has 4 heteroatoms. The number of nitrogens with one attached hydrogen (secondary N) is 1. The second-order valence-electron chi connectivity index (χ2n) is 6.07. The largest absolute Gasteiger partial charge is 0.311 e. The van der Waals surface area contributed by atoms with Gasteiger partial charge in [-0.15, -0.1) is 0 Å². The molecule has 4 nitrogen and oxygen atoms in total. The maximum absolute atomic E-state index is 4.14. The van der Waals surface area contributed by atoms with E-state index in [4.69, 9.17) is 0 Å². The average molecular weight is 262 g/mol.